The molecule has 0 saturated heterocycles. The van der Waals surface area contributed by atoms with Crippen molar-refractivity contribution in [2.45, 2.75) is 106 Å². The van der Waals surface area contributed by atoms with Crippen LogP contribution in [0.2, 0.25) is 0 Å². The van der Waals surface area contributed by atoms with Gasteiger partial charge >= 0.3 is 5.97 Å². The first-order chi connectivity index (χ1) is 42.3. The molecule has 5 aromatic rings. The van der Waals surface area contributed by atoms with Crippen LogP contribution in [-0.4, -0.2) is 150 Å². The summed E-state index contributed by atoms with van der Waals surface area (Å²) in [5.74, 6) is -8.35. The van der Waals surface area contributed by atoms with Crippen molar-refractivity contribution < 1.29 is 53.4 Å². The molecule has 20 N–H and O–H groups in total. The van der Waals surface area contributed by atoms with Crippen LogP contribution in [0.25, 0.3) is 0 Å². The molecule has 88 heavy (non-hydrogen) atoms. The van der Waals surface area contributed by atoms with Crippen LogP contribution in [-0.2, 0) is 75.3 Å². The summed E-state index contributed by atoms with van der Waals surface area (Å²) in [5, 5.41) is 41.5. The molecule has 8 amide bonds. The Morgan fingerprint density at radius 2 is 0.659 bits per heavy atom. The van der Waals surface area contributed by atoms with E-state index in [-0.39, 0.29) is 76.4 Å². The molecule has 0 aliphatic heterocycles. The molecule has 8 atom stereocenters. The van der Waals surface area contributed by atoms with Crippen LogP contribution in [0.4, 0.5) is 0 Å². The zero-order valence-corrected chi connectivity index (χ0v) is 48.6. The third kappa shape index (κ3) is 24.8. The number of nitrogens with one attached hydrogen (secondary N) is 8. The van der Waals surface area contributed by atoms with Crippen molar-refractivity contribution >= 4 is 65.1 Å². The summed E-state index contributed by atoms with van der Waals surface area (Å²) in [5.41, 5.74) is 30.9. The highest BCUT2D eigenvalue weighted by atomic mass is 16.4. The molecule has 26 heteroatoms. The number of hydrogen-bond donors (Lipinski definition) is 15. The highest BCUT2D eigenvalue weighted by Gasteiger charge is 2.34. The lowest BCUT2D eigenvalue weighted by atomic mass is 10.0. The van der Waals surface area contributed by atoms with Crippen molar-refractivity contribution in [3.8, 4) is 0 Å². The number of aliphatic hydroxyl groups excluding tert-OH is 1. The minimum absolute atomic E-state index is 0.0216. The van der Waals surface area contributed by atoms with Crippen molar-refractivity contribution in [3.05, 3.63) is 179 Å². The fraction of sp³-hybridized carbons (Fsp3) is 0.339. The number of aliphatic hydroxyl groups is 1. The zero-order chi connectivity index (χ0) is 63.8. The van der Waals surface area contributed by atoms with Crippen LogP contribution in [0.15, 0.2) is 162 Å². The first kappa shape index (κ1) is 68.6. The number of carboxylic acid groups (broad SMARTS) is 1. The smallest absolute Gasteiger partial charge is 0.326 e. The van der Waals surface area contributed by atoms with Gasteiger partial charge < -0.3 is 81.4 Å². The first-order valence-electron chi connectivity index (χ1n) is 28.6. The number of rotatable bonds is 36. The Bertz CT molecular complexity index is 3120. The van der Waals surface area contributed by atoms with Crippen molar-refractivity contribution in [3.63, 3.8) is 0 Å². The van der Waals surface area contributed by atoms with Crippen LogP contribution in [0.3, 0.4) is 0 Å². The lowest BCUT2D eigenvalue weighted by molar-refractivity contribution is -0.142. The molecule has 5 rings (SSSR count). The average Bonchev–Trinajstić information content (AvgIpc) is 3.70. The number of amides is 8. The normalized spacial score (nSPS) is 13.5. The van der Waals surface area contributed by atoms with Gasteiger partial charge in [0.15, 0.2) is 11.9 Å². The molecule has 0 heterocycles. The number of guanidine groups is 2. The Morgan fingerprint density at radius 1 is 0.375 bits per heavy atom. The molecule has 0 radical (unpaired) electrons. The van der Waals surface area contributed by atoms with Crippen molar-refractivity contribution in [1.29, 1.82) is 0 Å². The van der Waals surface area contributed by atoms with Gasteiger partial charge in [-0.2, -0.15) is 0 Å². The van der Waals surface area contributed by atoms with Gasteiger partial charge in [-0.15, -0.1) is 0 Å². The summed E-state index contributed by atoms with van der Waals surface area (Å²) < 4.78 is 0. The SMILES string of the molecule is NC(N)=NCCC[C@H](NC(=O)[C@H](Cc1ccccc1)NC(=O)[C@@H](Cc1ccccc1)NC(=O)[C@H](CO)NC(=O)[C@H](Cc1ccccc1)NC(=O)CNC(=O)[C@H](Cc1ccccc1)NC(=O)[C@@H](Cc1ccccc1)NC(=O)[C@@H](N)CCCN=C(N)N)C(=O)O. The summed E-state index contributed by atoms with van der Waals surface area (Å²) in [4.78, 5) is 133. The molecule has 0 fully saturated rings. The van der Waals surface area contributed by atoms with E-state index in [1.165, 1.54) is 0 Å². The predicted molar refractivity (Wildman–Crippen MR) is 330 cm³/mol. The molecule has 0 bridgehead atoms. The monoisotopic (exact) mass is 1210 g/mol. The largest absolute Gasteiger partial charge is 0.480 e. The fourth-order valence-electron chi connectivity index (χ4n) is 9.08. The van der Waals surface area contributed by atoms with E-state index in [2.05, 4.69) is 52.5 Å². The molecule has 0 aliphatic carbocycles. The molecule has 0 aromatic heterocycles. The molecule has 0 aliphatic rings. The molecule has 0 saturated carbocycles. The Hall–Kier alpha value is -10.2. The lowest BCUT2D eigenvalue weighted by Gasteiger charge is -2.27. The number of aliphatic imine (C=N–C) groups is 2. The minimum atomic E-state index is -1.73. The van der Waals surface area contributed by atoms with E-state index in [0.29, 0.717) is 34.2 Å². The van der Waals surface area contributed by atoms with Crippen LogP contribution >= 0.6 is 0 Å². The predicted octanol–water partition coefficient (Wildman–Crippen LogP) is -1.78. The Labute approximate surface area is 509 Å². The topological polar surface area (TPSA) is 445 Å². The summed E-state index contributed by atoms with van der Waals surface area (Å²) >= 11 is 0. The van der Waals surface area contributed by atoms with Crippen molar-refractivity contribution in [2.75, 3.05) is 26.2 Å². The molecule has 468 valence electrons. The van der Waals surface area contributed by atoms with E-state index >= 15 is 0 Å². The number of benzene rings is 5. The lowest BCUT2D eigenvalue weighted by Crippen LogP contribution is -2.60. The average molecular weight is 1210 g/mol. The second-order valence-electron chi connectivity index (χ2n) is 20.7. The second-order valence-corrected chi connectivity index (χ2v) is 20.7. The summed E-state index contributed by atoms with van der Waals surface area (Å²) in [6, 6.07) is 32.3. The summed E-state index contributed by atoms with van der Waals surface area (Å²) in [6.45, 7) is -1.38. The quantitative estimate of drug-likeness (QED) is 0.0120. The molecular formula is C62H79N15O11. The van der Waals surface area contributed by atoms with Crippen molar-refractivity contribution in [2.24, 2.45) is 38.7 Å². The molecule has 0 unspecified atom stereocenters. The number of nitrogens with zero attached hydrogens (tertiary/aromatic N) is 2. The molecule has 5 aromatic carbocycles. The van der Waals surface area contributed by atoms with E-state index in [9.17, 15) is 53.4 Å². The standard InChI is InChI=1S/C62H79N15O11/c63-44(28-16-30-68-61(64)65)53(80)73-48(34-41-22-10-3-11-23-41)57(84)74-46(32-39-18-6-1-7-19-39)54(81)70-37-52(79)71-47(33-40-20-8-2-9-21-40)55(82)77-51(38-78)59(86)76-50(36-43-26-14-5-15-27-43)58(85)75-49(35-42-24-12-4-13-25-42)56(83)72-45(60(87)88)29-17-31-69-62(66)67/h1-15,18-27,44-51,78H,16-17,28-38,63H2,(H,70,81)(H,71,79)(H,72,83)(H,73,80)(H,74,84)(H,75,85)(H,76,86)(H,77,82)(H,87,88)(H4,64,65,68)(H4,66,67,69)/t44-,45-,46-,47-,48+,49-,50+,51-/m0/s1. The van der Waals surface area contributed by atoms with Gasteiger partial charge in [-0.3, -0.25) is 48.3 Å². The Kier molecular flexibility index (Phi) is 28.5. The van der Waals surface area contributed by atoms with Gasteiger partial charge in [0, 0.05) is 45.2 Å². The van der Waals surface area contributed by atoms with Gasteiger partial charge in [0.2, 0.25) is 47.3 Å². The maximum Gasteiger partial charge on any atom is 0.326 e. The Balaban J connectivity index is 1.32. The van der Waals surface area contributed by atoms with Crippen LogP contribution < -0.4 is 71.2 Å². The second kappa shape index (κ2) is 36.6. The van der Waals surface area contributed by atoms with Gasteiger partial charge in [0.05, 0.1) is 19.2 Å². The minimum Gasteiger partial charge on any atom is -0.480 e. The van der Waals surface area contributed by atoms with Gasteiger partial charge in [0.25, 0.3) is 0 Å². The number of carbonyl (C=O) groups excluding carboxylic acids is 8. The van der Waals surface area contributed by atoms with Gasteiger partial charge in [-0.05, 0) is 53.5 Å². The summed E-state index contributed by atoms with van der Waals surface area (Å²) in [6.07, 6.45) is 0.293. The van der Waals surface area contributed by atoms with E-state index in [1.807, 2.05) is 0 Å². The van der Waals surface area contributed by atoms with Gasteiger partial charge in [-0.25, -0.2) is 4.79 Å². The van der Waals surface area contributed by atoms with Crippen LogP contribution in [0, 0.1) is 0 Å². The summed E-state index contributed by atoms with van der Waals surface area (Å²) in [7, 11) is 0. The fourth-order valence-corrected chi connectivity index (χ4v) is 9.08. The molecule has 26 nitrogen and oxygen atoms in total. The van der Waals surface area contributed by atoms with Crippen molar-refractivity contribution in [1.82, 2.24) is 42.5 Å². The van der Waals surface area contributed by atoms with E-state index in [0.717, 1.165) is 0 Å². The highest BCUT2D eigenvalue weighted by Crippen LogP contribution is 2.12. The maximum atomic E-state index is 14.4. The molecular weight excluding hydrogens is 1130 g/mol. The highest BCUT2D eigenvalue weighted by molar-refractivity contribution is 5.98. The molecule has 0 spiro atoms. The number of nitrogens with two attached hydrogens (primary N) is 5. The third-order valence-electron chi connectivity index (χ3n) is 13.7. The van der Waals surface area contributed by atoms with Gasteiger partial charge in [0.1, 0.15) is 42.3 Å². The number of carbonyl (C=O) groups is 9. The van der Waals surface area contributed by atoms with Gasteiger partial charge in [-0.1, -0.05) is 152 Å². The number of aliphatic carboxylic acids is 1. The maximum absolute atomic E-state index is 14.4. The van der Waals surface area contributed by atoms with Crippen LogP contribution in [0.1, 0.15) is 53.5 Å². The van der Waals surface area contributed by atoms with E-state index in [4.69, 9.17) is 28.7 Å². The number of carboxylic acids is 1. The third-order valence-corrected chi connectivity index (χ3v) is 13.7. The Morgan fingerprint density at radius 3 is 0.989 bits per heavy atom. The van der Waals surface area contributed by atoms with E-state index < -0.39 is 115 Å². The zero-order valence-electron chi connectivity index (χ0n) is 48.6. The number of hydrogen-bond acceptors (Lipinski definition) is 13. The van der Waals surface area contributed by atoms with Crippen LogP contribution in [0.5, 0.6) is 0 Å². The van der Waals surface area contributed by atoms with E-state index in [1.54, 1.807) is 152 Å². The first-order valence-corrected chi connectivity index (χ1v) is 28.6.